The average Bonchev–Trinajstić information content (AvgIpc) is 2.31. The van der Waals surface area contributed by atoms with Gasteiger partial charge in [0, 0.05) is 31.2 Å². The third kappa shape index (κ3) is 1.51. The fourth-order valence-corrected chi connectivity index (χ4v) is 2.30. The van der Waals surface area contributed by atoms with Gasteiger partial charge in [-0.1, -0.05) is 18.2 Å². The quantitative estimate of drug-likeness (QED) is 0.801. The summed E-state index contributed by atoms with van der Waals surface area (Å²) in [6.45, 7) is 0.890. The Morgan fingerprint density at radius 1 is 1.47 bits per heavy atom. The first-order valence-corrected chi connectivity index (χ1v) is 5.30. The Bertz CT molecular complexity index is 347. The third-order valence-electron chi connectivity index (χ3n) is 3.46. The fraction of sp³-hybridized carbons (Fsp3) is 0.500. The smallest absolute Gasteiger partial charge is 0.100 e. The normalized spacial score (nSPS) is 25.1. The minimum absolute atomic E-state index is 0.367. The first-order valence-electron chi connectivity index (χ1n) is 5.30. The van der Waals surface area contributed by atoms with Gasteiger partial charge in [0.25, 0.3) is 0 Å². The number of para-hydroxylation sites is 1. The van der Waals surface area contributed by atoms with Gasteiger partial charge >= 0.3 is 0 Å². The SMILES string of the molecule is CN1CCC(CN)(CF)c2ccccc21. The summed E-state index contributed by atoms with van der Waals surface area (Å²) >= 11 is 0. The molecule has 0 radical (unpaired) electrons. The van der Waals surface area contributed by atoms with Crippen molar-refractivity contribution >= 4 is 5.69 Å². The van der Waals surface area contributed by atoms with E-state index in [1.807, 2.05) is 31.3 Å². The molecule has 1 heterocycles. The second-order valence-electron chi connectivity index (χ2n) is 4.31. The zero-order chi connectivity index (χ0) is 10.9. The number of alkyl halides is 1. The number of halogens is 1. The van der Waals surface area contributed by atoms with Gasteiger partial charge < -0.3 is 10.6 Å². The van der Waals surface area contributed by atoms with Crippen molar-refractivity contribution in [1.29, 1.82) is 0 Å². The van der Waals surface area contributed by atoms with Crippen LogP contribution in [0.15, 0.2) is 24.3 Å². The van der Waals surface area contributed by atoms with E-state index in [2.05, 4.69) is 4.90 Å². The molecule has 0 fully saturated rings. The monoisotopic (exact) mass is 208 g/mol. The Balaban J connectivity index is 2.52. The number of benzene rings is 1. The molecule has 0 aliphatic carbocycles. The van der Waals surface area contributed by atoms with Crippen molar-refractivity contribution in [2.75, 3.05) is 31.7 Å². The maximum absolute atomic E-state index is 13.2. The molecule has 0 bridgehead atoms. The van der Waals surface area contributed by atoms with Crippen molar-refractivity contribution in [3.8, 4) is 0 Å². The van der Waals surface area contributed by atoms with Gasteiger partial charge in [-0.05, 0) is 18.1 Å². The molecule has 2 nitrogen and oxygen atoms in total. The zero-order valence-electron chi connectivity index (χ0n) is 9.04. The van der Waals surface area contributed by atoms with Gasteiger partial charge in [-0.25, -0.2) is 0 Å². The predicted octanol–water partition coefficient (Wildman–Crippen LogP) is 1.69. The van der Waals surface area contributed by atoms with Crippen LogP contribution in [0.25, 0.3) is 0 Å². The summed E-state index contributed by atoms with van der Waals surface area (Å²) in [6, 6.07) is 7.98. The van der Waals surface area contributed by atoms with Crippen LogP contribution in [0.4, 0.5) is 10.1 Å². The van der Waals surface area contributed by atoms with E-state index in [0.717, 1.165) is 24.2 Å². The summed E-state index contributed by atoms with van der Waals surface area (Å²) < 4.78 is 13.2. The summed E-state index contributed by atoms with van der Waals surface area (Å²) in [4.78, 5) is 2.17. The minimum Gasteiger partial charge on any atom is -0.374 e. The number of nitrogens with two attached hydrogens (primary N) is 1. The average molecular weight is 208 g/mol. The molecular weight excluding hydrogens is 191 g/mol. The molecule has 3 heteroatoms. The van der Waals surface area contributed by atoms with Gasteiger partial charge in [0.15, 0.2) is 0 Å². The highest BCUT2D eigenvalue weighted by Crippen LogP contribution is 2.38. The molecule has 2 rings (SSSR count). The van der Waals surface area contributed by atoms with E-state index in [1.165, 1.54) is 0 Å². The maximum Gasteiger partial charge on any atom is 0.100 e. The summed E-state index contributed by atoms with van der Waals surface area (Å²) in [5.74, 6) is 0. The third-order valence-corrected chi connectivity index (χ3v) is 3.46. The van der Waals surface area contributed by atoms with Crippen LogP contribution in [0.5, 0.6) is 0 Å². The van der Waals surface area contributed by atoms with Crippen LogP contribution in [0, 0.1) is 0 Å². The largest absolute Gasteiger partial charge is 0.374 e. The molecule has 0 amide bonds. The molecule has 82 valence electrons. The molecule has 1 aromatic rings. The predicted molar refractivity (Wildman–Crippen MR) is 61.0 cm³/mol. The number of anilines is 1. The Morgan fingerprint density at radius 2 is 2.20 bits per heavy atom. The molecule has 1 unspecified atom stereocenters. The first-order chi connectivity index (χ1) is 7.23. The molecule has 15 heavy (non-hydrogen) atoms. The van der Waals surface area contributed by atoms with Gasteiger partial charge in [0.1, 0.15) is 6.67 Å². The topological polar surface area (TPSA) is 29.3 Å². The van der Waals surface area contributed by atoms with Crippen LogP contribution in [-0.2, 0) is 5.41 Å². The van der Waals surface area contributed by atoms with Gasteiger partial charge in [-0.2, -0.15) is 0 Å². The first kappa shape index (κ1) is 10.4. The summed E-state index contributed by atoms with van der Waals surface area (Å²) in [5, 5.41) is 0. The maximum atomic E-state index is 13.2. The molecule has 0 spiro atoms. The standard InChI is InChI=1S/C12H17FN2/c1-15-7-6-12(8-13,9-14)10-4-2-3-5-11(10)15/h2-5H,6-9,14H2,1H3. The number of hydrogen-bond acceptors (Lipinski definition) is 2. The van der Waals surface area contributed by atoms with Gasteiger partial charge in [0.05, 0.1) is 0 Å². The van der Waals surface area contributed by atoms with E-state index in [0.29, 0.717) is 6.54 Å². The summed E-state index contributed by atoms with van der Waals surface area (Å²) in [5.41, 5.74) is 7.47. The van der Waals surface area contributed by atoms with E-state index in [-0.39, 0.29) is 6.67 Å². The highest BCUT2D eigenvalue weighted by molar-refractivity contribution is 5.58. The van der Waals surface area contributed by atoms with Crippen molar-refractivity contribution in [2.24, 2.45) is 5.73 Å². The van der Waals surface area contributed by atoms with Crippen molar-refractivity contribution < 1.29 is 4.39 Å². The number of hydrogen-bond donors (Lipinski definition) is 1. The lowest BCUT2D eigenvalue weighted by Crippen LogP contribution is -2.45. The molecule has 0 saturated heterocycles. The van der Waals surface area contributed by atoms with Crippen LogP contribution in [-0.4, -0.2) is 26.8 Å². The molecular formula is C12H17FN2. The van der Waals surface area contributed by atoms with Crippen molar-refractivity contribution in [3.05, 3.63) is 29.8 Å². The minimum atomic E-state index is -0.455. The summed E-state index contributed by atoms with van der Waals surface area (Å²) in [7, 11) is 2.04. The van der Waals surface area contributed by atoms with Crippen molar-refractivity contribution in [1.82, 2.24) is 0 Å². The van der Waals surface area contributed by atoms with Crippen LogP contribution < -0.4 is 10.6 Å². The van der Waals surface area contributed by atoms with Crippen molar-refractivity contribution in [2.45, 2.75) is 11.8 Å². The Kier molecular flexibility index (Phi) is 2.65. The number of nitrogens with zero attached hydrogens (tertiary/aromatic N) is 1. The zero-order valence-corrected chi connectivity index (χ0v) is 9.04. The van der Waals surface area contributed by atoms with E-state index in [4.69, 9.17) is 5.73 Å². The Morgan fingerprint density at radius 3 is 2.87 bits per heavy atom. The van der Waals surface area contributed by atoms with Gasteiger partial charge in [-0.3, -0.25) is 4.39 Å². The number of rotatable bonds is 2. The van der Waals surface area contributed by atoms with E-state index in [9.17, 15) is 4.39 Å². The van der Waals surface area contributed by atoms with E-state index < -0.39 is 5.41 Å². The van der Waals surface area contributed by atoms with Crippen LogP contribution in [0.1, 0.15) is 12.0 Å². The van der Waals surface area contributed by atoms with E-state index in [1.54, 1.807) is 0 Å². The van der Waals surface area contributed by atoms with Crippen LogP contribution in [0.3, 0.4) is 0 Å². The van der Waals surface area contributed by atoms with Gasteiger partial charge in [-0.15, -0.1) is 0 Å². The van der Waals surface area contributed by atoms with Gasteiger partial charge in [0.2, 0.25) is 0 Å². The second kappa shape index (κ2) is 3.81. The summed E-state index contributed by atoms with van der Waals surface area (Å²) in [6.07, 6.45) is 0.799. The number of fused-ring (bicyclic) bond motifs is 1. The molecule has 2 N–H and O–H groups in total. The Labute approximate surface area is 89.9 Å². The lowest BCUT2D eigenvalue weighted by atomic mass is 9.75. The lowest BCUT2D eigenvalue weighted by Gasteiger charge is -2.40. The van der Waals surface area contributed by atoms with Crippen LogP contribution in [0.2, 0.25) is 0 Å². The Hall–Kier alpha value is -1.09. The molecule has 1 aromatic carbocycles. The molecule has 1 atom stereocenters. The van der Waals surface area contributed by atoms with Crippen LogP contribution >= 0.6 is 0 Å². The molecule has 1 aliphatic heterocycles. The fourth-order valence-electron chi connectivity index (χ4n) is 2.30. The lowest BCUT2D eigenvalue weighted by molar-refractivity contribution is 0.287. The van der Waals surface area contributed by atoms with E-state index >= 15 is 0 Å². The molecule has 0 aromatic heterocycles. The molecule has 1 aliphatic rings. The molecule has 0 saturated carbocycles. The highest BCUT2D eigenvalue weighted by Gasteiger charge is 2.37. The van der Waals surface area contributed by atoms with Crippen molar-refractivity contribution in [3.63, 3.8) is 0 Å². The highest BCUT2D eigenvalue weighted by atomic mass is 19.1. The second-order valence-corrected chi connectivity index (χ2v) is 4.31.